The number of aromatic nitrogens is 1. The summed E-state index contributed by atoms with van der Waals surface area (Å²) in [5.74, 6) is 1.33. The number of carbonyl (C=O) groups excluding carboxylic acids is 1. The number of pyridine rings is 1. The Balaban J connectivity index is 2.01. The quantitative estimate of drug-likeness (QED) is 0.864. The molecule has 1 aromatic carbocycles. The normalized spacial score (nSPS) is 14.0. The maximum Gasteiger partial charge on any atom is 0.323 e. The van der Waals surface area contributed by atoms with Gasteiger partial charge in [0.05, 0.1) is 17.6 Å². The van der Waals surface area contributed by atoms with Crippen LogP contribution in [-0.2, 0) is 6.42 Å². The number of methoxy groups -OCH3 is 1. The fraction of sp³-hybridized carbons (Fsp3) is 0.412. The van der Waals surface area contributed by atoms with E-state index < -0.39 is 0 Å². The molecule has 1 N–H and O–H groups in total. The van der Waals surface area contributed by atoms with Crippen LogP contribution in [0.15, 0.2) is 18.2 Å². The van der Waals surface area contributed by atoms with Crippen molar-refractivity contribution in [3.8, 4) is 5.75 Å². The third-order valence-corrected chi connectivity index (χ3v) is 4.03. The predicted octanol–water partition coefficient (Wildman–Crippen LogP) is 3.77. The molecule has 0 saturated heterocycles. The van der Waals surface area contributed by atoms with E-state index in [2.05, 4.69) is 16.4 Å². The Hall–Kier alpha value is -2.01. The summed E-state index contributed by atoms with van der Waals surface area (Å²) in [4.78, 5) is 18.8. The fourth-order valence-corrected chi connectivity index (χ4v) is 2.94. The minimum Gasteiger partial charge on any atom is -0.495 e. The van der Waals surface area contributed by atoms with Gasteiger partial charge in [-0.25, -0.2) is 9.78 Å². The molecule has 1 aliphatic rings. The first-order valence-corrected chi connectivity index (χ1v) is 7.93. The molecule has 5 nitrogen and oxygen atoms in total. The van der Waals surface area contributed by atoms with E-state index >= 15 is 0 Å². The number of ether oxygens (including phenoxy) is 1. The van der Waals surface area contributed by atoms with Crippen LogP contribution >= 0.6 is 11.6 Å². The number of benzene rings is 1. The molecule has 1 aliphatic heterocycles. The van der Waals surface area contributed by atoms with Gasteiger partial charge in [-0.05, 0) is 51.0 Å². The number of nitrogens with zero attached hydrogens (tertiary/aromatic N) is 2. The molecule has 0 bridgehead atoms. The zero-order chi connectivity index (χ0) is 16.8. The van der Waals surface area contributed by atoms with Gasteiger partial charge < -0.3 is 10.1 Å². The van der Waals surface area contributed by atoms with Crippen molar-refractivity contribution in [1.82, 2.24) is 10.3 Å². The Morgan fingerprint density at radius 2 is 2.09 bits per heavy atom. The second-order valence-electron chi connectivity index (χ2n) is 6.73. The Labute approximate surface area is 140 Å². The molecule has 0 unspecified atom stereocenters. The summed E-state index contributed by atoms with van der Waals surface area (Å²) < 4.78 is 5.25. The zero-order valence-electron chi connectivity index (χ0n) is 13.7. The van der Waals surface area contributed by atoms with Gasteiger partial charge in [-0.1, -0.05) is 11.6 Å². The number of hydrogen-bond donors (Lipinski definition) is 1. The summed E-state index contributed by atoms with van der Waals surface area (Å²) in [5, 5.41) is 4.45. The molecule has 0 spiro atoms. The summed E-state index contributed by atoms with van der Waals surface area (Å²) in [6.45, 7) is 6.51. The third-order valence-electron chi connectivity index (χ3n) is 3.73. The topological polar surface area (TPSA) is 54.5 Å². The molecule has 2 amide bonds. The van der Waals surface area contributed by atoms with Crippen molar-refractivity contribution in [1.29, 1.82) is 0 Å². The molecule has 23 heavy (non-hydrogen) atoms. The van der Waals surface area contributed by atoms with E-state index in [1.54, 1.807) is 18.1 Å². The summed E-state index contributed by atoms with van der Waals surface area (Å²) in [6.07, 6.45) is 0.792. The summed E-state index contributed by atoms with van der Waals surface area (Å²) in [7, 11) is 1.59. The van der Waals surface area contributed by atoms with Gasteiger partial charge in [0, 0.05) is 17.5 Å². The maximum atomic E-state index is 12.5. The number of fused-ring (bicyclic) bond motifs is 2. The highest BCUT2D eigenvalue weighted by Gasteiger charge is 2.29. The molecule has 6 heteroatoms. The molecule has 0 saturated carbocycles. The molecule has 0 atom stereocenters. The summed E-state index contributed by atoms with van der Waals surface area (Å²) >= 11 is 6.18. The van der Waals surface area contributed by atoms with Crippen LogP contribution < -0.4 is 15.0 Å². The van der Waals surface area contributed by atoms with Gasteiger partial charge in [0.15, 0.2) is 0 Å². The summed E-state index contributed by atoms with van der Waals surface area (Å²) in [6, 6.07) is 5.58. The van der Waals surface area contributed by atoms with Crippen molar-refractivity contribution in [2.45, 2.75) is 32.7 Å². The lowest BCUT2D eigenvalue weighted by Crippen LogP contribution is -2.48. The number of amides is 2. The Kier molecular flexibility index (Phi) is 3.84. The lowest BCUT2D eigenvalue weighted by molar-refractivity contribution is 0.238. The number of anilines is 1. The second-order valence-corrected chi connectivity index (χ2v) is 7.14. The van der Waals surface area contributed by atoms with Gasteiger partial charge in [-0.2, -0.15) is 0 Å². The number of nitrogens with one attached hydrogen (secondary N) is 1. The fourth-order valence-electron chi connectivity index (χ4n) is 2.71. The highest BCUT2D eigenvalue weighted by molar-refractivity contribution is 6.32. The van der Waals surface area contributed by atoms with E-state index in [9.17, 15) is 4.79 Å². The monoisotopic (exact) mass is 333 g/mol. The lowest BCUT2D eigenvalue weighted by atomic mass is 10.1. The van der Waals surface area contributed by atoms with Crippen LogP contribution in [0.5, 0.6) is 5.75 Å². The number of halogens is 1. The van der Waals surface area contributed by atoms with Crippen molar-refractivity contribution in [3.05, 3.63) is 28.8 Å². The molecule has 0 aliphatic carbocycles. The highest BCUT2D eigenvalue weighted by atomic mass is 35.5. The lowest BCUT2D eigenvalue weighted by Gasteiger charge is -2.25. The molecular weight excluding hydrogens is 314 g/mol. The molecule has 122 valence electrons. The van der Waals surface area contributed by atoms with Crippen LogP contribution in [0.2, 0.25) is 5.02 Å². The van der Waals surface area contributed by atoms with Crippen molar-refractivity contribution in [2.75, 3.05) is 18.6 Å². The number of carbonyl (C=O) groups is 1. The van der Waals surface area contributed by atoms with Crippen LogP contribution in [0, 0.1) is 0 Å². The molecule has 2 heterocycles. The van der Waals surface area contributed by atoms with Crippen molar-refractivity contribution in [2.24, 2.45) is 0 Å². The zero-order valence-corrected chi connectivity index (χ0v) is 14.5. The number of hydrogen-bond acceptors (Lipinski definition) is 3. The predicted molar refractivity (Wildman–Crippen MR) is 92.6 cm³/mol. The second kappa shape index (κ2) is 5.57. The van der Waals surface area contributed by atoms with E-state index in [-0.39, 0.29) is 11.6 Å². The minimum absolute atomic E-state index is 0.122. The molecular formula is C17H20ClN3O2. The number of rotatable bonds is 1. The first-order valence-electron chi connectivity index (χ1n) is 7.55. The van der Waals surface area contributed by atoms with Crippen LogP contribution in [-0.4, -0.2) is 30.2 Å². The van der Waals surface area contributed by atoms with Crippen molar-refractivity contribution >= 4 is 34.4 Å². The van der Waals surface area contributed by atoms with Crippen LogP contribution in [0.3, 0.4) is 0 Å². The average molecular weight is 334 g/mol. The van der Waals surface area contributed by atoms with Gasteiger partial charge in [0.25, 0.3) is 0 Å². The van der Waals surface area contributed by atoms with E-state index in [0.29, 0.717) is 23.1 Å². The van der Waals surface area contributed by atoms with Gasteiger partial charge in [0.2, 0.25) is 0 Å². The van der Waals surface area contributed by atoms with Crippen LogP contribution in [0.4, 0.5) is 10.6 Å². The molecule has 0 radical (unpaired) electrons. The van der Waals surface area contributed by atoms with Crippen molar-refractivity contribution in [3.63, 3.8) is 0 Å². The largest absolute Gasteiger partial charge is 0.495 e. The Bertz CT molecular complexity index is 783. The van der Waals surface area contributed by atoms with E-state index in [1.807, 2.05) is 26.8 Å². The van der Waals surface area contributed by atoms with E-state index in [0.717, 1.165) is 22.9 Å². The number of urea groups is 1. The SMILES string of the molecule is COc1cc2cc3c(nc2cc1Cl)N(C(=O)NC(C)(C)C)CC3. The average Bonchev–Trinajstić information content (AvgIpc) is 2.85. The van der Waals surface area contributed by atoms with E-state index in [1.165, 1.54) is 0 Å². The maximum absolute atomic E-state index is 12.5. The van der Waals surface area contributed by atoms with Gasteiger partial charge in [-0.15, -0.1) is 0 Å². The van der Waals surface area contributed by atoms with Gasteiger partial charge in [-0.3, -0.25) is 4.90 Å². The minimum atomic E-state index is -0.284. The first-order chi connectivity index (χ1) is 10.8. The smallest absolute Gasteiger partial charge is 0.323 e. The molecule has 0 fully saturated rings. The van der Waals surface area contributed by atoms with Crippen LogP contribution in [0.1, 0.15) is 26.3 Å². The van der Waals surface area contributed by atoms with E-state index in [4.69, 9.17) is 16.3 Å². The highest BCUT2D eigenvalue weighted by Crippen LogP contribution is 2.34. The van der Waals surface area contributed by atoms with Gasteiger partial charge in [0.1, 0.15) is 11.6 Å². The van der Waals surface area contributed by atoms with Gasteiger partial charge >= 0.3 is 6.03 Å². The third kappa shape index (κ3) is 3.06. The van der Waals surface area contributed by atoms with Crippen molar-refractivity contribution < 1.29 is 9.53 Å². The molecule has 1 aromatic heterocycles. The molecule has 3 rings (SSSR count). The standard InChI is InChI=1S/C17H20ClN3O2/c1-17(2,3)20-16(22)21-6-5-10-7-11-8-14(23-4)12(18)9-13(11)19-15(10)21/h7-9H,5-6H2,1-4H3,(H,20,22). The molecule has 2 aromatic rings. The Morgan fingerprint density at radius 3 is 2.74 bits per heavy atom. The van der Waals surface area contributed by atoms with Crippen LogP contribution in [0.25, 0.3) is 10.9 Å². The summed E-state index contributed by atoms with van der Waals surface area (Å²) in [5.41, 5.74) is 1.53. The first kappa shape index (κ1) is 15.9. The Morgan fingerprint density at radius 1 is 1.35 bits per heavy atom.